The van der Waals surface area contributed by atoms with Crippen LogP contribution in [0.15, 0.2) is 16.4 Å². The average molecular weight is 288 g/mol. The van der Waals surface area contributed by atoms with Crippen LogP contribution in [0.25, 0.3) is 0 Å². The molecule has 2 rings (SSSR count). The predicted molar refractivity (Wildman–Crippen MR) is 65.5 cm³/mol. The minimum atomic E-state index is 0.0527. The second-order valence-corrected chi connectivity index (χ2v) is 4.80. The smallest absolute Gasteiger partial charge is 0.227 e. The summed E-state index contributed by atoms with van der Waals surface area (Å²) in [6.45, 7) is 3.79. The van der Waals surface area contributed by atoms with E-state index in [0.29, 0.717) is 10.3 Å². The van der Waals surface area contributed by atoms with Crippen LogP contribution in [0.5, 0.6) is 0 Å². The Bertz CT molecular complexity index is 473. The molecule has 0 fully saturated rings. The van der Waals surface area contributed by atoms with Gasteiger partial charge in [-0.25, -0.2) is 9.97 Å². The molecule has 0 bridgehead atoms. The zero-order chi connectivity index (χ0) is 12.4. The third kappa shape index (κ3) is 3.49. The Morgan fingerprint density at radius 1 is 0.824 bits per heavy atom. The normalized spacial score (nSPS) is 10.6. The molecule has 2 heterocycles. The molecular formula is C9H7Cl2N5S. The summed E-state index contributed by atoms with van der Waals surface area (Å²) in [7, 11) is 0. The largest absolute Gasteiger partial charge is 0.228 e. The number of hydrogen-bond acceptors (Lipinski definition) is 6. The molecule has 0 aliphatic carbocycles. The van der Waals surface area contributed by atoms with Gasteiger partial charge in [-0.3, -0.25) is 0 Å². The lowest BCUT2D eigenvalue weighted by molar-refractivity contribution is 0.870. The molecule has 5 nitrogen and oxygen atoms in total. The molecule has 0 spiro atoms. The van der Waals surface area contributed by atoms with Crippen molar-refractivity contribution in [3.63, 3.8) is 0 Å². The van der Waals surface area contributed by atoms with Gasteiger partial charge in [0.05, 0.1) is 0 Å². The predicted octanol–water partition coefficient (Wildman–Crippen LogP) is 2.74. The SMILES string of the molecule is Cc1cc(C)nc(Sc2nc(Cl)nc(Cl)n2)n1. The Hall–Kier alpha value is -0.980. The highest BCUT2D eigenvalue weighted by atomic mass is 35.5. The number of hydrogen-bond donors (Lipinski definition) is 0. The van der Waals surface area contributed by atoms with Gasteiger partial charge in [0.2, 0.25) is 15.7 Å². The van der Waals surface area contributed by atoms with Gasteiger partial charge >= 0.3 is 0 Å². The Balaban J connectivity index is 2.31. The molecule has 17 heavy (non-hydrogen) atoms. The third-order valence-corrected chi connectivity index (χ3v) is 2.77. The molecule has 0 aliphatic heterocycles. The molecule has 0 atom stereocenters. The van der Waals surface area contributed by atoms with Crippen LogP contribution in [-0.4, -0.2) is 24.9 Å². The van der Waals surface area contributed by atoms with Crippen molar-refractivity contribution in [3.05, 3.63) is 28.0 Å². The molecule has 0 aliphatic rings. The lowest BCUT2D eigenvalue weighted by atomic mass is 10.4. The summed E-state index contributed by atoms with van der Waals surface area (Å²) >= 11 is 12.5. The molecule has 88 valence electrons. The van der Waals surface area contributed by atoms with Crippen molar-refractivity contribution in [2.45, 2.75) is 24.2 Å². The summed E-state index contributed by atoms with van der Waals surface area (Å²) in [5, 5.41) is 1.04. The van der Waals surface area contributed by atoms with Crippen LogP contribution in [0.2, 0.25) is 10.6 Å². The lowest BCUT2D eigenvalue weighted by Crippen LogP contribution is -1.96. The summed E-state index contributed by atoms with van der Waals surface area (Å²) in [4.78, 5) is 20.0. The van der Waals surface area contributed by atoms with E-state index in [1.165, 1.54) is 11.8 Å². The molecule has 8 heteroatoms. The van der Waals surface area contributed by atoms with E-state index in [0.717, 1.165) is 11.4 Å². The van der Waals surface area contributed by atoms with Crippen molar-refractivity contribution in [1.82, 2.24) is 24.9 Å². The van der Waals surface area contributed by atoms with Crippen LogP contribution in [0, 0.1) is 13.8 Å². The zero-order valence-electron chi connectivity index (χ0n) is 8.98. The Labute approximate surface area is 112 Å². The van der Waals surface area contributed by atoms with Crippen LogP contribution >= 0.6 is 35.0 Å². The van der Waals surface area contributed by atoms with Crippen LogP contribution in [-0.2, 0) is 0 Å². The van der Waals surface area contributed by atoms with Crippen molar-refractivity contribution in [2.24, 2.45) is 0 Å². The highest BCUT2D eigenvalue weighted by molar-refractivity contribution is 7.99. The van der Waals surface area contributed by atoms with Crippen molar-refractivity contribution >= 4 is 35.0 Å². The van der Waals surface area contributed by atoms with E-state index in [-0.39, 0.29) is 10.6 Å². The fourth-order valence-electron chi connectivity index (χ4n) is 1.18. The molecule has 0 unspecified atom stereocenters. The molecule has 2 aromatic rings. The minimum absolute atomic E-state index is 0.0527. The fourth-order valence-corrected chi connectivity index (χ4v) is 2.45. The Morgan fingerprint density at radius 2 is 1.29 bits per heavy atom. The first-order chi connectivity index (χ1) is 8.02. The van der Waals surface area contributed by atoms with Gasteiger partial charge in [0.25, 0.3) is 0 Å². The summed E-state index contributed by atoms with van der Waals surface area (Å²) in [5.41, 5.74) is 1.76. The first kappa shape index (κ1) is 12.5. The fraction of sp³-hybridized carbons (Fsp3) is 0.222. The summed E-state index contributed by atoms with van der Waals surface area (Å²) in [6.07, 6.45) is 0. The van der Waals surface area contributed by atoms with E-state index >= 15 is 0 Å². The maximum Gasteiger partial charge on any atom is 0.227 e. The molecule has 0 amide bonds. The van der Waals surface area contributed by atoms with Gasteiger partial charge in [0, 0.05) is 11.4 Å². The number of halogens is 2. The number of aryl methyl sites for hydroxylation is 2. The second kappa shape index (κ2) is 5.12. The highest BCUT2D eigenvalue weighted by Gasteiger charge is 2.08. The minimum Gasteiger partial charge on any atom is -0.228 e. The summed E-state index contributed by atoms with van der Waals surface area (Å²) in [6, 6.07) is 1.89. The Kier molecular flexibility index (Phi) is 3.76. The van der Waals surface area contributed by atoms with Gasteiger partial charge in [-0.05, 0) is 54.9 Å². The van der Waals surface area contributed by atoms with Gasteiger partial charge in [-0.1, -0.05) is 0 Å². The number of aromatic nitrogens is 5. The van der Waals surface area contributed by atoms with E-state index < -0.39 is 0 Å². The quantitative estimate of drug-likeness (QED) is 0.792. The van der Waals surface area contributed by atoms with Crippen molar-refractivity contribution in [2.75, 3.05) is 0 Å². The second-order valence-electron chi connectivity index (χ2n) is 3.19. The Morgan fingerprint density at radius 3 is 1.82 bits per heavy atom. The van der Waals surface area contributed by atoms with Crippen LogP contribution in [0.3, 0.4) is 0 Å². The molecule has 0 aromatic carbocycles. The van der Waals surface area contributed by atoms with E-state index in [2.05, 4.69) is 24.9 Å². The van der Waals surface area contributed by atoms with Crippen molar-refractivity contribution in [1.29, 1.82) is 0 Å². The highest BCUT2D eigenvalue weighted by Crippen LogP contribution is 2.23. The van der Waals surface area contributed by atoms with E-state index in [9.17, 15) is 0 Å². The van der Waals surface area contributed by atoms with Crippen LogP contribution in [0.4, 0.5) is 0 Å². The lowest BCUT2D eigenvalue weighted by Gasteiger charge is -2.01. The molecule has 0 radical (unpaired) electrons. The topological polar surface area (TPSA) is 64.5 Å². The monoisotopic (exact) mass is 287 g/mol. The van der Waals surface area contributed by atoms with Gasteiger partial charge in [0.15, 0.2) is 5.16 Å². The van der Waals surface area contributed by atoms with Gasteiger partial charge in [-0.15, -0.1) is 0 Å². The summed E-state index contributed by atoms with van der Waals surface area (Å²) in [5.74, 6) is 0. The zero-order valence-corrected chi connectivity index (χ0v) is 11.3. The summed E-state index contributed by atoms with van der Waals surface area (Å²) < 4.78 is 0. The molecular weight excluding hydrogens is 281 g/mol. The maximum atomic E-state index is 5.68. The van der Waals surface area contributed by atoms with Gasteiger partial charge in [-0.2, -0.15) is 15.0 Å². The molecule has 0 N–H and O–H groups in total. The van der Waals surface area contributed by atoms with Gasteiger partial charge < -0.3 is 0 Å². The molecule has 0 saturated carbocycles. The third-order valence-electron chi connectivity index (χ3n) is 1.70. The molecule has 2 aromatic heterocycles. The maximum absolute atomic E-state index is 5.68. The first-order valence-electron chi connectivity index (χ1n) is 4.60. The van der Waals surface area contributed by atoms with E-state index in [1.54, 1.807) is 0 Å². The first-order valence-corrected chi connectivity index (χ1v) is 6.17. The standard InChI is InChI=1S/C9H7Cl2N5S/c1-4-3-5(2)13-8(12-4)17-9-15-6(10)14-7(11)16-9/h3H,1-2H3. The van der Waals surface area contributed by atoms with Gasteiger partial charge in [0.1, 0.15) is 0 Å². The number of rotatable bonds is 2. The van der Waals surface area contributed by atoms with Crippen LogP contribution < -0.4 is 0 Å². The van der Waals surface area contributed by atoms with E-state index in [4.69, 9.17) is 23.2 Å². The van der Waals surface area contributed by atoms with Crippen molar-refractivity contribution in [3.8, 4) is 0 Å². The number of nitrogens with zero attached hydrogens (tertiary/aromatic N) is 5. The van der Waals surface area contributed by atoms with Crippen molar-refractivity contribution < 1.29 is 0 Å². The van der Waals surface area contributed by atoms with Crippen LogP contribution in [0.1, 0.15) is 11.4 Å². The molecule has 0 saturated heterocycles. The van der Waals surface area contributed by atoms with E-state index in [1.807, 2.05) is 19.9 Å². The average Bonchev–Trinajstić information content (AvgIpc) is 2.13.